The minimum Gasteiger partial charge on any atom is -0.508 e. The summed E-state index contributed by atoms with van der Waals surface area (Å²) in [7, 11) is 0. The number of fused-ring (bicyclic) bond motifs is 2. The van der Waals surface area contributed by atoms with E-state index in [0.717, 1.165) is 38.9 Å². The zero-order chi connectivity index (χ0) is 27.2. The first kappa shape index (κ1) is 24.1. The molecule has 1 aliphatic heterocycles. The molecule has 6 aromatic rings. The largest absolute Gasteiger partial charge is 0.508 e. The van der Waals surface area contributed by atoms with Crippen molar-refractivity contribution in [3.63, 3.8) is 0 Å². The SMILES string of the molecule is O=C1c2cc(-c3ccc(-c4ccncc4)cc3)ccc2CN1C(c1nc2ccccc2[nH]1)c1cc(Cl)ccc1O. The van der Waals surface area contributed by atoms with Crippen LogP contribution in [-0.4, -0.2) is 30.9 Å². The number of nitrogens with zero attached hydrogens (tertiary/aromatic N) is 3. The molecular formula is C33H23ClN4O2. The Morgan fingerprint density at radius 2 is 1.52 bits per heavy atom. The van der Waals surface area contributed by atoms with Crippen molar-refractivity contribution in [1.82, 2.24) is 19.9 Å². The number of benzene rings is 4. The highest BCUT2D eigenvalue weighted by Crippen LogP contribution is 2.40. The average molecular weight is 543 g/mol. The molecule has 2 N–H and O–H groups in total. The number of phenols is 1. The van der Waals surface area contributed by atoms with Gasteiger partial charge in [0.1, 0.15) is 17.6 Å². The number of amides is 1. The third-order valence-corrected chi connectivity index (χ3v) is 7.67. The molecule has 0 saturated heterocycles. The van der Waals surface area contributed by atoms with Crippen molar-refractivity contribution in [2.45, 2.75) is 12.6 Å². The second-order valence-electron chi connectivity index (χ2n) is 9.86. The molecule has 194 valence electrons. The van der Waals surface area contributed by atoms with Gasteiger partial charge in [0.15, 0.2) is 0 Å². The number of hydrogen-bond donors (Lipinski definition) is 2. The number of aromatic amines is 1. The molecule has 0 fully saturated rings. The van der Waals surface area contributed by atoms with Crippen LogP contribution in [0, 0.1) is 0 Å². The zero-order valence-electron chi connectivity index (χ0n) is 21.3. The molecule has 1 unspecified atom stereocenters. The highest BCUT2D eigenvalue weighted by atomic mass is 35.5. The predicted molar refractivity (Wildman–Crippen MR) is 156 cm³/mol. The molecule has 2 aromatic heterocycles. The monoisotopic (exact) mass is 542 g/mol. The number of carbonyl (C=O) groups is 1. The molecule has 7 rings (SSSR count). The summed E-state index contributed by atoms with van der Waals surface area (Å²) in [4.78, 5) is 28.0. The number of hydrogen-bond acceptors (Lipinski definition) is 4. The molecule has 6 nitrogen and oxygen atoms in total. The van der Waals surface area contributed by atoms with Gasteiger partial charge in [-0.3, -0.25) is 9.78 Å². The molecule has 1 amide bonds. The molecular weight excluding hydrogens is 520 g/mol. The van der Waals surface area contributed by atoms with Crippen molar-refractivity contribution >= 4 is 28.5 Å². The Morgan fingerprint density at radius 1 is 0.825 bits per heavy atom. The highest BCUT2D eigenvalue weighted by molar-refractivity contribution is 6.30. The van der Waals surface area contributed by atoms with E-state index >= 15 is 0 Å². The minimum atomic E-state index is -0.658. The van der Waals surface area contributed by atoms with E-state index in [9.17, 15) is 9.90 Å². The summed E-state index contributed by atoms with van der Waals surface area (Å²) in [6.07, 6.45) is 3.56. The van der Waals surface area contributed by atoms with Crippen LogP contribution in [0.2, 0.25) is 5.02 Å². The number of para-hydroxylation sites is 2. The Bertz CT molecular complexity index is 1850. The first-order valence-corrected chi connectivity index (χ1v) is 13.3. The van der Waals surface area contributed by atoms with E-state index in [4.69, 9.17) is 16.6 Å². The van der Waals surface area contributed by atoms with Crippen LogP contribution < -0.4 is 0 Å². The summed E-state index contributed by atoms with van der Waals surface area (Å²) in [5.41, 5.74) is 7.89. The highest BCUT2D eigenvalue weighted by Gasteiger charge is 2.37. The van der Waals surface area contributed by atoms with Crippen LogP contribution >= 0.6 is 11.6 Å². The fraction of sp³-hybridized carbons (Fsp3) is 0.0606. The number of aromatic nitrogens is 3. The number of nitrogens with one attached hydrogen (secondary N) is 1. The molecule has 40 heavy (non-hydrogen) atoms. The maximum Gasteiger partial charge on any atom is 0.255 e. The number of rotatable bonds is 5. The Balaban J connectivity index is 1.26. The standard InChI is InChI=1S/C33H23ClN4O2/c34-25-11-12-30(39)27(18-25)31(32-36-28-3-1-2-4-29(28)37-32)38-19-24-10-9-23(17-26(24)33(38)40)21-7-5-20(6-8-21)22-13-15-35-16-14-22/h1-18,31,39H,19H2,(H,36,37). The molecule has 0 spiro atoms. The molecule has 3 heterocycles. The van der Waals surface area contributed by atoms with E-state index in [0.29, 0.717) is 28.5 Å². The van der Waals surface area contributed by atoms with Crippen LogP contribution in [0.3, 0.4) is 0 Å². The van der Waals surface area contributed by atoms with Crippen molar-refractivity contribution in [1.29, 1.82) is 0 Å². The topological polar surface area (TPSA) is 82.1 Å². The van der Waals surface area contributed by atoms with E-state index in [1.54, 1.807) is 35.5 Å². The smallest absolute Gasteiger partial charge is 0.255 e. The number of imidazole rings is 1. The van der Waals surface area contributed by atoms with Crippen LogP contribution in [-0.2, 0) is 6.54 Å². The van der Waals surface area contributed by atoms with Crippen LogP contribution in [0.4, 0.5) is 0 Å². The Morgan fingerprint density at radius 3 is 2.30 bits per heavy atom. The number of carbonyl (C=O) groups excluding carboxylic acids is 1. The van der Waals surface area contributed by atoms with Gasteiger partial charge in [-0.15, -0.1) is 0 Å². The third-order valence-electron chi connectivity index (χ3n) is 7.44. The van der Waals surface area contributed by atoms with Gasteiger partial charge in [-0.1, -0.05) is 60.1 Å². The maximum absolute atomic E-state index is 14.0. The zero-order valence-corrected chi connectivity index (χ0v) is 22.0. The van der Waals surface area contributed by atoms with Crippen LogP contribution in [0.5, 0.6) is 5.75 Å². The van der Waals surface area contributed by atoms with Gasteiger partial charge in [0.2, 0.25) is 0 Å². The van der Waals surface area contributed by atoms with Crippen LogP contribution in [0.25, 0.3) is 33.3 Å². The van der Waals surface area contributed by atoms with Gasteiger partial charge >= 0.3 is 0 Å². The molecule has 0 saturated carbocycles. The molecule has 0 bridgehead atoms. The lowest BCUT2D eigenvalue weighted by atomic mass is 9.98. The van der Waals surface area contributed by atoms with E-state index in [1.807, 2.05) is 54.6 Å². The Labute approximate surface area is 235 Å². The second kappa shape index (κ2) is 9.67. The summed E-state index contributed by atoms with van der Waals surface area (Å²) in [6.45, 7) is 0.378. The summed E-state index contributed by atoms with van der Waals surface area (Å²) in [5, 5.41) is 11.3. The quantitative estimate of drug-likeness (QED) is 0.238. The number of H-pyrrole nitrogens is 1. The summed E-state index contributed by atoms with van der Waals surface area (Å²) in [5.74, 6) is 0.482. The molecule has 0 radical (unpaired) electrons. The van der Waals surface area contributed by atoms with Gasteiger partial charge in [0.05, 0.1) is 11.0 Å². The van der Waals surface area contributed by atoms with E-state index in [1.165, 1.54) is 0 Å². The Kier molecular flexibility index (Phi) is 5.83. The molecule has 1 atom stereocenters. The Hall–Kier alpha value is -4.94. The number of phenolic OH excluding ortho intramolecular Hbond substituents is 1. The summed E-state index contributed by atoms with van der Waals surface area (Å²) in [6, 6.07) is 30.2. The first-order valence-electron chi connectivity index (χ1n) is 12.9. The van der Waals surface area contributed by atoms with Crippen LogP contribution in [0.1, 0.15) is 33.4 Å². The predicted octanol–water partition coefficient (Wildman–Crippen LogP) is 7.40. The second-order valence-corrected chi connectivity index (χ2v) is 10.3. The van der Waals surface area contributed by atoms with Crippen LogP contribution in [0.15, 0.2) is 109 Å². The molecule has 7 heteroatoms. The fourth-order valence-corrected chi connectivity index (χ4v) is 5.60. The lowest BCUT2D eigenvalue weighted by Crippen LogP contribution is -2.31. The van der Waals surface area contributed by atoms with Gasteiger partial charge < -0.3 is 15.0 Å². The summed E-state index contributed by atoms with van der Waals surface area (Å²) < 4.78 is 0. The number of aromatic hydroxyl groups is 1. The molecule has 4 aromatic carbocycles. The minimum absolute atomic E-state index is 0.0496. The van der Waals surface area contributed by atoms with Gasteiger partial charge in [-0.25, -0.2) is 4.98 Å². The van der Waals surface area contributed by atoms with Crippen molar-refractivity contribution < 1.29 is 9.90 Å². The third kappa shape index (κ3) is 4.19. The van der Waals surface area contributed by atoms with Gasteiger partial charge in [-0.05, 0) is 76.3 Å². The van der Waals surface area contributed by atoms with E-state index in [2.05, 4.69) is 34.2 Å². The van der Waals surface area contributed by atoms with Crippen molar-refractivity contribution in [2.24, 2.45) is 0 Å². The summed E-state index contributed by atoms with van der Waals surface area (Å²) >= 11 is 6.35. The first-order chi connectivity index (χ1) is 19.5. The maximum atomic E-state index is 14.0. The van der Waals surface area contributed by atoms with E-state index < -0.39 is 6.04 Å². The van der Waals surface area contributed by atoms with Gasteiger partial charge in [-0.2, -0.15) is 0 Å². The molecule has 1 aliphatic rings. The van der Waals surface area contributed by atoms with Gasteiger partial charge in [0, 0.05) is 35.1 Å². The normalized spacial score (nSPS) is 13.5. The van der Waals surface area contributed by atoms with E-state index in [-0.39, 0.29) is 11.7 Å². The average Bonchev–Trinajstić information content (AvgIpc) is 3.56. The van der Waals surface area contributed by atoms with Crippen molar-refractivity contribution in [2.75, 3.05) is 0 Å². The van der Waals surface area contributed by atoms with Gasteiger partial charge in [0.25, 0.3) is 5.91 Å². The number of pyridine rings is 1. The fourth-order valence-electron chi connectivity index (χ4n) is 5.42. The lowest BCUT2D eigenvalue weighted by molar-refractivity contribution is 0.0724. The van der Waals surface area contributed by atoms with Crippen molar-refractivity contribution in [3.05, 3.63) is 137 Å². The number of halogens is 1. The van der Waals surface area contributed by atoms with Crippen molar-refractivity contribution in [3.8, 4) is 28.0 Å². The lowest BCUT2D eigenvalue weighted by Gasteiger charge is -2.27. The molecule has 0 aliphatic carbocycles.